The van der Waals surface area contributed by atoms with Crippen LogP contribution in [-0.4, -0.2) is 43.3 Å². The summed E-state index contributed by atoms with van der Waals surface area (Å²) in [5.41, 5.74) is 2.27. The van der Waals surface area contributed by atoms with Gasteiger partial charge < -0.3 is 24.4 Å². The van der Waals surface area contributed by atoms with Gasteiger partial charge in [0.25, 0.3) is 5.91 Å². The molecule has 184 valence electrons. The van der Waals surface area contributed by atoms with Crippen molar-refractivity contribution in [2.75, 3.05) is 26.6 Å². The molecule has 0 spiro atoms. The topological polar surface area (TPSA) is 77.1 Å². The highest BCUT2D eigenvalue weighted by molar-refractivity contribution is 7.09. The predicted molar refractivity (Wildman–Crippen MR) is 135 cm³/mol. The van der Waals surface area contributed by atoms with E-state index in [1.807, 2.05) is 55.6 Å². The van der Waals surface area contributed by atoms with Crippen molar-refractivity contribution in [2.45, 2.75) is 32.9 Å². The molecule has 3 aromatic rings. The number of carbonyl (C=O) groups is 2. The smallest absolute Gasteiger partial charge is 0.255 e. The number of thiophene rings is 1. The summed E-state index contributed by atoms with van der Waals surface area (Å²) >= 11 is 1.55. The van der Waals surface area contributed by atoms with Crippen LogP contribution in [0.4, 0.5) is 0 Å². The number of rotatable bonds is 11. The van der Waals surface area contributed by atoms with Gasteiger partial charge in [-0.3, -0.25) is 9.59 Å². The van der Waals surface area contributed by atoms with Gasteiger partial charge in [-0.25, -0.2) is 0 Å². The second-order valence-corrected chi connectivity index (χ2v) is 9.27. The number of hydrogen-bond donors (Lipinski definition) is 1. The first-order valence-corrected chi connectivity index (χ1v) is 12.6. The summed E-state index contributed by atoms with van der Waals surface area (Å²) in [6.45, 7) is 6.04. The Balaban J connectivity index is 1.66. The predicted octanol–water partition coefficient (Wildman–Crippen LogP) is 4.71. The second-order valence-electron chi connectivity index (χ2n) is 8.24. The number of amides is 2. The SMILES string of the molecule is CCOCCCNC(=O)[C@H](c1ccc(C)cc1)N(Cc1cccs1)C(=O)c1ccc2c(c1)OCO2. The van der Waals surface area contributed by atoms with Gasteiger partial charge in [0.1, 0.15) is 6.04 Å². The minimum Gasteiger partial charge on any atom is -0.454 e. The van der Waals surface area contributed by atoms with Crippen molar-refractivity contribution in [3.05, 3.63) is 81.5 Å². The number of fused-ring (bicyclic) bond motifs is 1. The third-order valence-electron chi connectivity index (χ3n) is 5.71. The van der Waals surface area contributed by atoms with E-state index in [4.69, 9.17) is 14.2 Å². The molecule has 7 nitrogen and oxygen atoms in total. The Morgan fingerprint density at radius 3 is 2.66 bits per heavy atom. The Labute approximate surface area is 209 Å². The van der Waals surface area contributed by atoms with Crippen LogP contribution in [-0.2, 0) is 16.1 Å². The Hall–Kier alpha value is -3.36. The molecule has 4 rings (SSSR count). The van der Waals surface area contributed by atoms with Crippen LogP contribution < -0.4 is 14.8 Å². The molecule has 35 heavy (non-hydrogen) atoms. The van der Waals surface area contributed by atoms with Crippen molar-refractivity contribution in [3.8, 4) is 11.5 Å². The maximum Gasteiger partial charge on any atom is 0.255 e. The van der Waals surface area contributed by atoms with E-state index >= 15 is 0 Å². The molecule has 1 aliphatic heterocycles. The minimum atomic E-state index is -0.803. The summed E-state index contributed by atoms with van der Waals surface area (Å²) in [4.78, 5) is 30.1. The van der Waals surface area contributed by atoms with Crippen molar-refractivity contribution in [2.24, 2.45) is 0 Å². The summed E-state index contributed by atoms with van der Waals surface area (Å²) in [5, 5.41) is 4.97. The Kier molecular flexibility index (Phi) is 8.39. The molecule has 0 fully saturated rings. The van der Waals surface area contributed by atoms with Crippen molar-refractivity contribution >= 4 is 23.2 Å². The van der Waals surface area contributed by atoms with Gasteiger partial charge in [-0.15, -0.1) is 11.3 Å². The number of hydrogen-bond acceptors (Lipinski definition) is 6. The molecule has 2 heterocycles. The van der Waals surface area contributed by atoms with E-state index in [0.717, 1.165) is 16.0 Å². The molecule has 1 aromatic heterocycles. The lowest BCUT2D eigenvalue weighted by Crippen LogP contribution is -2.43. The number of nitrogens with one attached hydrogen (secondary N) is 1. The van der Waals surface area contributed by atoms with E-state index in [9.17, 15) is 9.59 Å². The second kappa shape index (κ2) is 11.9. The number of benzene rings is 2. The van der Waals surface area contributed by atoms with Crippen molar-refractivity contribution in [1.82, 2.24) is 10.2 Å². The molecule has 1 aliphatic rings. The highest BCUT2D eigenvalue weighted by Gasteiger charge is 2.33. The van der Waals surface area contributed by atoms with Gasteiger partial charge in [-0.2, -0.15) is 0 Å². The summed E-state index contributed by atoms with van der Waals surface area (Å²) < 4.78 is 16.3. The highest BCUT2D eigenvalue weighted by Crippen LogP contribution is 2.34. The highest BCUT2D eigenvalue weighted by atomic mass is 32.1. The molecule has 0 aliphatic carbocycles. The average molecular weight is 495 g/mol. The van der Waals surface area contributed by atoms with E-state index < -0.39 is 6.04 Å². The molecule has 0 saturated heterocycles. The van der Waals surface area contributed by atoms with Gasteiger partial charge in [-0.05, 0) is 55.5 Å². The molecule has 0 bridgehead atoms. The molecule has 1 atom stereocenters. The first-order valence-electron chi connectivity index (χ1n) is 11.7. The fourth-order valence-electron chi connectivity index (χ4n) is 3.89. The zero-order valence-corrected chi connectivity index (χ0v) is 20.8. The van der Waals surface area contributed by atoms with Crippen LogP contribution in [0.1, 0.15) is 45.7 Å². The van der Waals surface area contributed by atoms with Gasteiger partial charge >= 0.3 is 0 Å². The Bertz CT molecular complexity index is 1130. The third kappa shape index (κ3) is 6.21. The quantitative estimate of drug-likeness (QED) is 0.391. The van der Waals surface area contributed by atoms with Crippen LogP contribution in [0, 0.1) is 6.92 Å². The molecule has 0 saturated carbocycles. The van der Waals surface area contributed by atoms with E-state index in [1.165, 1.54) is 0 Å². The lowest BCUT2D eigenvalue weighted by molar-refractivity contribution is -0.126. The van der Waals surface area contributed by atoms with Crippen LogP contribution >= 0.6 is 11.3 Å². The molecule has 0 unspecified atom stereocenters. The van der Waals surface area contributed by atoms with Crippen LogP contribution in [0.2, 0.25) is 0 Å². The summed E-state index contributed by atoms with van der Waals surface area (Å²) in [7, 11) is 0. The van der Waals surface area contributed by atoms with E-state index in [0.29, 0.717) is 49.8 Å². The molecule has 0 radical (unpaired) electrons. The molecular formula is C27H30N2O5S. The van der Waals surface area contributed by atoms with Gasteiger partial charge in [0.2, 0.25) is 12.7 Å². The zero-order valence-electron chi connectivity index (χ0n) is 20.0. The standard InChI is InChI=1S/C27H30N2O5S/c1-3-32-14-5-13-28-26(30)25(20-9-7-19(2)8-10-20)29(17-22-6-4-15-35-22)27(31)21-11-12-23-24(16-21)34-18-33-23/h4,6-12,15-16,25H,3,5,13-14,17-18H2,1-2H3,(H,28,30)/t25-/m0/s1. The molecule has 8 heteroatoms. The minimum absolute atomic E-state index is 0.127. The van der Waals surface area contributed by atoms with E-state index in [1.54, 1.807) is 34.4 Å². The first kappa shape index (κ1) is 24.8. The van der Waals surface area contributed by atoms with Crippen LogP contribution in [0.15, 0.2) is 60.0 Å². The molecular weight excluding hydrogens is 464 g/mol. The zero-order chi connectivity index (χ0) is 24.6. The molecule has 2 amide bonds. The van der Waals surface area contributed by atoms with E-state index in [-0.39, 0.29) is 18.6 Å². The fraction of sp³-hybridized carbons (Fsp3) is 0.333. The van der Waals surface area contributed by atoms with Crippen LogP contribution in [0.5, 0.6) is 11.5 Å². The van der Waals surface area contributed by atoms with Gasteiger partial charge in [0.05, 0.1) is 6.54 Å². The summed E-state index contributed by atoms with van der Waals surface area (Å²) in [6, 6.07) is 16.0. The lowest BCUT2D eigenvalue weighted by Gasteiger charge is -2.31. The van der Waals surface area contributed by atoms with Crippen LogP contribution in [0.25, 0.3) is 0 Å². The summed E-state index contributed by atoms with van der Waals surface area (Å²) in [6.07, 6.45) is 0.696. The lowest BCUT2D eigenvalue weighted by atomic mass is 10.0. The number of nitrogens with zero attached hydrogens (tertiary/aromatic N) is 1. The molecule has 1 N–H and O–H groups in total. The van der Waals surface area contributed by atoms with Crippen molar-refractivity contribution in [3.63, 3.8) is 0 Å². The van der Waals surface area contributed by atoms with Crippen LogP contribution in [0.3, 0.4) is 0 Å². The first-order chi connectivity index (χ1) is 17.1. The van der Waals surface area contributed by atoms with Crippen molar-refractivity contribution in [1.29, 1.82) is 0 Å². The van der Waals surface area contributed by atoms with Gasteiger partial charge in [0.15, 0.2) is 11.5 Å². The Morgan fingerprint density at radius 1 is 1.11 bits per heavy atom. The largest absolute Gasteiger partial charge is 0.454 e. The maximum absolute atomic E-state index is 13.9. The fourth-order valence-corrected chi connectivity index (χ4v) is 4.60. The van der Waals surface area contributed by atoms with Crippen molar-refractivity contribution < 1.29 is 23.8 Å². The monoisotopic (exact) mass is 494 g/mol. The third-order valence-corrected chi connectivity index (χ3v) is 6.57. The average Bonchev–Trinajstić information content (AvgIpc) is 3.55. The normalized spacial score (nSPS) is 12.9. The number of ether oxygens (including phenoxy) is 3. The maximum atomic E-state index is 13.9. The number of aryl methyl sites for hydroxylation is 1. The van der Waals surface area contributed by atoms with Gasteiger partial charge in [-0.1, -0.05) is 35.9 Å². The van der Waals surface area contributed by atoms with E-state index in [2.05, 4.69) is 5.32 Å². The number of carbonyl (C=O) groups excluding carboxylic acids is 2. The Morgan fingerprint density at radius 2 is 1.91 bits per heavy atom. The van der Waals surface area contributed by atoms with Gasteiger partial charge in [0, 0.05) is 30.2 Å². The molecule has 2 aromatic carbocycles. The summed E-state index contributed by atoms with van der Waals surface area (Å²) in [5.74, 6) is 0.649.